The van der Waals surface area contributed by atoms with Crippen LogP contribution in [0.25, 0.3) is 5.57 Å². The normalized spacial score (nSPS) is 14.2. The van der Waals surface area contributed by atoms with E-state index in [0.29, 0.717) is 11.1 Å². The molecular formula is C26H35F3O3. The van der Waals surface area contributed by atoms with Crippen molar-refractivity contribution in [2.75, 3.05) is 6.61 Å². The number of carboxylic acid groups (broad SMARTS) is 1. The third kappa shape index (κ3) is 7.57. The van der Waals surface area contributed by atoms with Crippen LogP contribution in [0.5, 0.6) is 5.75 Å². The Hall–Kier alpha value is -2.50. The fourth-order valence-electron chi connectivity index (χ4n) is 3.06. The van der Waals surface area contributed by atoms with Crippen LogP contribution in [0, 0.1) is 0 Å². The van der Waals surface area contributed by atoms with Crippen molar-refractivity contribution >= 4 is 11.5 Å². The first-order valence-electron chi connectivity index (χ1n) is 10.7. The first-order chi connectivity index (χ1) is 14.6. The SMILES string of the molecule is CCC(C)(C)c1cc(\C(C)=C(F)/C=C/C(C)=C/C(=O)O)c(OCC(F)F)c(C(C)(C)C)c1. The number of carbonyl (C=O) groups is 1. The number of alkyl halides is 2. The van der Waals surface area contributed by atoms with Gasteiger partial charge in [0.2, 0.25) is 0 Å². The van der Waals surface area contributed by atoms with Crippen molar-refractivity contribution in [2.45, 2.75) is 79.1 Å². The van der Waals surface area contributed by atoms with Gasteiger partial charge in [-0.05, 0) is 60.0 Å². The van der Waals surface area contributed by atoms with Crippen LogP contribution in [0.3, 0.4) is 0 Å². The van der Waals surface area contributed by atoms with E-state index in [1.165, 1.54) is 12.2 Å². The molecule has 0 aliphatic carbocycles. The number of hydrogen-bond acceptors (Lipinski definition) is 2. The van der Waals surface area contributed by atoms with Crippen molar-refractivity contribution in [3.05, 3.63) is 58.5 Å². The Labute approximate surface area is 189 Å². The van der Waals surface area contributed by atoms with Gasteiger partial charge in [-0.2, -0.15) is 0 Å². The number of halogens is 3. The van der Waals surface area contributed by atoms with E-state index in [-0.39, 0.29) is 16.7 Å². The summed E-state index contributed by atoms with van der Waals surface area (Å²) in [7, 11) is 0. The highest BCUT2D eigenvalue weighted by molar-refractivity contribution is 5.81. The monoisotopic (exact) mass is 452 g/mol. The second-order valence-electron chi connectivity index (χ2n) is 9.62. The molecule has 0 saturated heterocycles. The lowest BCUT2D eigenvalue weighted by atomic mass is 9.76. The maximum absolute atomic E-state index is 15.1. The minimum atomic E-state index is -2.67. The first-order valence-corrected chi connectivity index (χ1v) is 10.7. The molecule has 0 heterocycles. The van der Waals surface area contributed by atoms with E-state index < -0.39 is 30.2 Å². The molecule has 0 aromatic heterocycles. The first kappa shape index (κ1) is 27.5. The average Bonchev–Trinajstić information content (AvgIpc) is 2.67. The number of allylic oxidation sites excluding steroid dienone is 5. The Balaban J connectivity index is 3.82. The molecular weight excluding hydrogens is 417 g/mol. The highest BCUT2D eigenvalue weighted by Gasteiger charge is 2.28. The molecule has 1 aromatic carbocycles. The lowest BCUT2D eigenvalue weighted by molar-refractivity contribution is -0.131. The molecule has 32 heavy (non-hydrogen) atoms. The molecule has 1 N–H and O–H groups in total. The highest BCUT2D eigenvalue weighted by Crippen LogP contribution is 2.42. The van der Waals surface area contributed by atoms with Crippen molar-refractivity contribution in [3.63, 3.8) is 0 Å². The van der Waals surface area contributed by atoms with Gasteiger partial charge in [0.25, 0.3) is 6.43 Å². The summed E-state index contributed by atoms with van der Waals surface area (Å²) < 4.78 is 46.7. The van der Waals surface area contributed by atoms with Gasteiger partial charge in [-0.3, -0.25) is 0 Å². The Bertz CT molecular complexity index is 917. The van der Waals surface area contributed by atoms with Crippen LogP contribution in [0.1, 0.15) is 78.5 Å². The molecule has 0 saturated carbocycles. The highest BCUT2D eigenvalue weighted by atomic mass is 19.3. The minimum Gasteiger partial charge on any atom is -0.487 e. The molecule has 0 bridgehead atoms. The Morgan fingerprint density at radius 2 is 1.72 bits per heavy atom. The average molecular weight is 453 g/mol. The van der Waals surface area contributed by atoms with E-state index in [0.717, 1.165) is 23.6 Å². The van der Waals surface area contributed by atoms with Crippen LogP contribution < -0.4 is 4.74 Å². The van der Waals surface area contributed by atoms with Crippen LogP contribution >= 0.6 is 0 Å². The zero-order valence-electron chi connectivity index (χ0n) is 20.3. The second kappa shape index (κ2) is 10.9. The third-order valence-electron chi connectivity index (χ3n) is 5.52. The van der Waals surface area contributed by atoms with Crippen molar-refractivity contribution in [1.29, 1.82) is 0 Å². The topological polar surface area (TPSA) is 46.5 Å². The van der Waals surface area contributed by atoms with Crippen molar-refractivity contribution < 1.29 is 27.8 Å². The van der Waals surface area contributed by atoms with Crippen LogP contribution in [0.15, 0.2) is 41.8 Å². The molecule has 178 valence electrons. The standard InChI is InChI=1S/C26H35F3O3/c1-9-26(7,8)18-13-19(17(3)21(27)11-10-16(2)12-23(30)31)24(32-15-22(28)29)20(14-18)25(4,5)6/h10-14,22H,9,15H2,1-8H3,(H,30,31)/b11-10+,16-12+,21-17+. The molecule has 0 amide bonds. The second-order valence-corrected chi connectivity index (χ2v) is 9.62. The van der Waals surface area contributed by atoms with Crippen LogP contribution in [-0.2, 0) is 15.6 Å². The molecule has 3 nitrogen and oxygen atoms in total. The maximum Gasteiger partial charge on any atom is 0.328 e. The Kier molecular flexibility index (Phi) is 9.37. The van der Waals surface area contributed by atoms with Crippen LogP contribution in [0.4, 0.5) is 13.2 Å². The largest absolute Gasteiger partial charge is 0.487 e. The zero-order valence-corrected chi connectivity index (χ0v) is 20.3. The summed E-state index contributed by atoms with van der Waals surface area (Å²) >= 11 is 0. The molecule has 0 radical (unpaired) electrons. The fourth-order valence-corrected chi connectivity index (χ4v) is 3.06. The quantitative estimate of drug-likeness (QED) is 0.310. The van der Waals surface area contributed by atoms with Gasteiger partial charge >= 0.3 is 5.97 Å². The molecule has 1 aromatic rings. The smallest absolute Gasteiger partial charge is 0.328 e. The van der Waals surface area contributed by atoms with Gasteiger partial charge in [0.05, 0.1) is 0 Å². The van der Waals surface area contributed by atoms with Crippen molar-refractivity contribution in [2.24, 2.45) is 0 Å². The minimum absolute atomic E-state index is 0.219. The summed E-state index contributed by atoms with van der Waals surface area (Å²) in [4.78, 5) is 10.8. The van der Waals surface area contributed by atoms with Crippen LogP contribution in [-0.4, -0.2) is 24.1 Å². The van der Waals surface area contributed by atoms with E-state index in [1.807, 2.05) is 32.9 Å². The van der Waals surface area contributed by atoms with Crippen molar-refractivity contribution in [1.82, 2.24) is 0 Å². The summed E-state index contributed by atoms with van der Waals surface area (Å²) in [6.45, 7) is 14.4. The van der Waals surface area contributed by atoms with E-state index in [1.54, 1.807) is 13.8 Å². The lowest BCUT2D eigenvalue weighted by Crippen LogP contribution is -2.21. The molecule has 1 rings (SSSR count). The number of carboxylic acids is 1. The third-order valence-corrected chi connectivity index (χ3v) is 5.52. The fraction of sp³-hybridized carbons (Fsp3) is 0.500. The number of aliphatic carboxylic acids is 1. The summed E-state index contributed by atoms with van der Waals surface area (Å²) in [5.74, 6) is -1.48. The Morgan fingerprint density at radius 3 is 2.19 bits per heavy atom. The van der Waals surface area contributed by atoms with Gasteiger partial charge in [0.15, 0.2) is 0 Å². The van der Waals surface area contributed by atoms with E-state index >= 15 is 4.39 Å². The predicted octanol–water partition coefficient (Wildman–Crippen LogP) is 7.60. The number of rotatable bonds is 9. The summed E-state index contributed by atoms with van der Waals surface area (Å²) in [6, 6.07) is 3.77. The van der Waals surface area contributed by atoms with Gasteiger partial charge in [-0.1, -0.05) is 53.7 Å². The van der Waals surface area contributed by atoms with E-state index in [9.17, 15) is 13.6 Å². The van der Waals surface area contributed by atoms with Gasteiger partial charge in [-0.15, -0.1) is 0 Å². The van der Waals surface area contributed by atoms with Crippen LogP contribution in [0.2, 0.25) is 0 Å². The molecule has 6 heteroatoms. The van der Waals surface area contributed by atoms with Crippen molar-refractivity contribution in [3.8, 4) is 5.75 Å². The van der Waals surface area contributed by atoms with E-state index in [2.05, 4.69) is 20.8 Å². The van der Waals surface area contributed by atoms with Gasteiger partial charge in [0, 0.05) is 17.2 Å². The maximum atomic E-state index is 15.1. The Morgan fingerprint density at radius 1 is 1.12 bits per heavy atom. The molecule has 0 fully saturated rings. The molecule has 0 aliphatic heterocycles. The summed E-state index contributed by atoms with van der Waals surface area (Å²) in [5, 5.41) is 8.82. The summed E-state index contributed by atoms with van der Waals surface area (Å²) in [5.41, 5.74) is 2.05. The van der Waals surface area contributed by atoms with Gasteiger partial charge < -0.3 is 9.84 Å². The lowest BCUT2D eigenvalue weighted by Gasteiger charge is -2.31. The number of hydrogen-bond donors (Lipinski definition) is 1. The zero-order chi connectivity index (χ0) is 24.9. The van der Waals surface area contributed by atoms with Gasteiger partial charge in [0.1, 0.15) is 18.2 Å². The molecule has 0 aliphatic rings. The predicted molar refractivity (Wildman–Crippen MR) is 124 cm³/mol. The van der Waals surface area contributed by atoms with E-state index in [4.69, 9.17) is 9.84 Å². The molecule has 0 unspecified atom stereocenters. The molecule has 0 spiro atoms. The summed E-state index contributed by atoms with van der Waals surface area (Å²) in [6.07, 6.45) is 1.67. The number of ether oxygens (including phenoxy) is 1. The van der Waals surface area contributed by atoms with Gasteiger partial charge in [-0.25, -0.2) is 18.0 Å². The molecule has 0 atom stereocenters. The number of benzene rings is 1.